The van der Waals surface area contributed by atoms with Gasteiger partial charge in [0.15, 0.2) is 0 Å². The zero-order valence-electron chi connectivity index (χ0n) is 10.1. The summed E-state index contributed by atoms with van der Waals surface area (Å²) in [6.07, 6.45) is 7.60. The van der Waals surface area contributed by atoms with Crippen molar-refractivity contribution in [1.29, 1.82) is 0 Å². The Kier molecular flexibility index (Phi) is 6.22. The minimum Gasteiger partial charge on any atom is -0.324 e. The molecule has 1 aliphatic rings. The Hall–Kier alpha value is -0.120. The van der Waals surface area contributed by atoms with Gasteiger partial charge in [0, 0.05) is 25.2 Å². The molecule has 90 valence electrons. The summed E-state index contributed by atoms with van der Waals surface area (Å²) in [5, 5.41) is 6.85. The van der Waals surface area contributed by atoms with Crippen LogP contribution in [0.15, 0.2) is 0 Å². The van der Waals surface area contributed by atoms with Gasteiger partial charge in [0.1, 0.15) is 0 Å². The van der Waals surface area contributed by atoms with Crippen molar-refractivity contribution >= 4 is 0 Å². The van der Waals surface area contributed by atoms with Gasteiger partial charge in [0.25, 0.3) is 0 Å². The highest BCUT2D eigenvalue weighted by atomic mass is 15.0. The fourth-order valence-corrected chi connectivity index (χ4v) is 2.25. The quantitative estimate of drug-likeness (QED) is 0.558. The Morgan fingerprint density at radius 3 is 2.33 bits per heavy atom. The van der Waals surface area contributed by atoms with Crippen LogP contribution in [0.25, 0.3) is 0 Å². The summed E-state index contributed by atoms with van der Waals surface area (Å²) >= 11 is 0. The molecule has 4 N–H and O–H groups in total. The van der Waals surface area contributed by atoms with Crippen LogP contribution in [-0.4, -0.2) is 31.7 Å². The van der Waals surface area contributed by atoms with E-state index < -0.39 is 0 Å². The van der Waals surface area contributed by atoms with Crippen LogP contribution in [0, 0.1) is 0 Å². The predicted molar refractivity (Wildman–Crippen MR) is 66.0 cm³/mol. The van der Waals surface area contributed by atoms with Gasteiger partial charge in [-0.1, -0.05) is 26.2 Å². The van der Waals surface area contributed by atoms with Gasteiger partial charge in [-0.05, 0) is 25.8 Å². The second-order valence-electron chi connectivity index (χ2n) is 4.85. The van der Waals surface area contributed by atoms with Gasteiger partial charge in [0.2, 0.25) is 0 Å². The molecule has 15 heavy (non-hydrogen) atoms. The molecule has 1 rings (SSSR count). The lowest BCUT2D eigenvalue weighted by atomic mass is 9.82. The predicted octanol–water partition coefficient (Wildman–Crippen LogP) is 1.24. The molecule has 0 atom stereocenters. The molecule has 0 aromatic carbocycles. The molecule has 0 aromatic rings. The molecule has 3 nitrogen and oxygen atoms in total. The first-order valence-corrected chi connectivity index (χ1v) is 6.47. The van der Waals surface area contributed by atoms with Crippen LogP contribution in [0.5, 0.6) is 0 Å². The van der Waals surface area contributed by atoms with Crippen LogP contribution in [0.1, 0.15) is 45.4 Å². The first kappa shape index (κ1) is 12.9. The van der Waals surface area contributed by atoms with E-state index in [1.165, 1.54) is 38.5 Å². The highest BCUT2D eigenvalue weighted by Gasteiger charge is 2.26. The van der Waals surface area contributed by atoms with E-state index in [2.05, 4.69) is 17.6 Å². The second kappa shape index (κ2) is 7.20. The Morgan fingerprint density at radius 2 is 1.67 bits per heavy atom. The van der Waals surface area contributed by atoms with E-state index in [4.69, 9.17) is 5.73 Å². The molecular formula is C12H27N3. The molecular weight excluding hydrogens is 186 g/mol. The molecule has 0 radical (unpaired) electrons. The summed E-state index contributed by atoms with van der Waals surface area (Å²) in [7, 11) is 0. The lowest BCUT2D eigenvalue weighted by molar-refractivity contribution is 0.284. The summed E-state index contributed by atoms with van der Waals surface area (Å²) in [5.41, 5.74) is 6.40. The van der Waals surface area contributed by atoms with Crippen molar-refractivity contribution in [2.45, 2.75) is 51.0 Å². The highest BCUT2D eigenvalue weighted by molar-refractivity contribution is 4.89. The van der Waals surface area contributed by atoms with E-state index in [1.54, 1.807) is 0 Å². The van der Waals surface area contributed by atoms with E-state index in [0.717, 1.165) is 26.2 Å². The molecule has 0 heterocycles. The minimum absolute atomic E-state index is 0.0863. The number of rotatable bonds is 7. The standard InChI is InChI=1S/C12H27N3/c1-2-8-14-9-10-15-11-12(13)6-4-3-5-7-12/h14-15H,2-11,13H2,1H3. The van der Waals surface area contributed by atoms with Crippen LogP contribution in [-0.2, 0) is 0 Å². The average molecular weight is 213 g/mol. The molecule has 0 bridgehead atoms. The van der Waals surface area contributed by atoms with Gasteiger partial charge >= 0.3 is 0 Å². The molecule has 1 fully saturated rings. The van der Waals surface area contributed by atoms with Crippen LogP contribution in [0.2, 0.25) is 0 Å². The van der Waals surface area contributed by atoms with Crippen molar-refractivity contribution in [2.24, 2.45) is 5.73 Å². The van der Waals surface area contributed by atoms with E-state index >= 15 is 0 Å². The maximum absolute atomic E-state index is 6.32. The van der Waals surface area contributed by atoms with Crippen LogP contribution in [0.4, 0.5) is 0 Å². The van der Waals surface area contributed by atoms with Gasteiger partial charge in [-0.15, -0.1) is 0 Å². The van der Waals surface area contributed by atoms with Crippen LogP contribution >= 0.6 is 0 Å². The largest absolute Gasteiger partial charge is 0.324 e. The van der Waals surface area contributed by atoms with E-state index in [0.29, 0.717) is 0 Å². The zero-order valence-corrected chi connectivity index (χ0v) is 10.1. The first-order chi connectivity index (χ1) is 7.27. The number of hydrogen-bond acceptors (Lipinski definition) is 3. The van der Waals surface area contributed by atoms with E-state index in [9.17, 15) is 0 Å². The van der Waals surface area contributed by atoms with Gasteiger partial charge in [0.05, 0.1) is 0 Å². The SMILES string of the molecule is CCCNCCNCC1(N)CCCCC1. The number of nitrogens with one attached hydrogen (secondary N) is 2. The fourth-order valence-electron chi connectivity index (χ4n) is 2.25. The Bertz CT molecular complexity index is 153. The topological polar surface area (TPSA) is 50.1 Å². The average Bonchev–Trinajstić information content (AvgIpc) is 2.24. The van der Waals surface area contributed by atoms with Crippen LogP contribution < -0.4 is 16.4 Å². The van der Waals surface area contributed by atoms with Crippen molar-refractivity contribution < 1.29 is 0 Å². The fraction of sp³-hybridized carbons (Fsp3) is 1.00. The van der Waals surface area contributed by atoms with Crippen molar-refractivity contribution in [1.82, 2.24) is 10.6 Å². The maximum Gasteiger partial charge on any atom is 0.0280 e. The molecule has 0 aliphatic heterocycles. The van der Waals surface area contributed by atoms with Crippen molar-refractivity contribution in [3.05, 3.63) is 0 Å². The lowest BCUT2D eigenvalue weighted by Gasteiger charge is -2.33. The molecule has 0 unspecified atom stereocenters. The van der Waals surface area contributed by atoms with Gasteiger partial charge in [-0.3, -0.25) is 0 Å². The van der Waals surface area contributed by atoms with Crippen molar-refractivity contribution in [3.8, 4) is 0 Å². The Morgan fingerprint density at radius 1 is 1.00 bits per heavy atom. The minimum atomic E-state index is 0.0863. The van der Waals surface area contributed by atoms with Gasteiger partial charge in [-0.2, -0.15) is 0 Å². The third-order valence-corrected chi connectivity index (χ3v) is 3.23. The summed E-state index contributed by atoms with van der Waals surface area (Å²) in [5.74, 6) is 0. The summed E-state index contributed by atoms with van der Waals surface area (Å²) in [6, 6.07) is 0. The monoisotopic (exact) mass is 213 g/mol. The second-order valence-corrected chi connectivity index (χ2v) is 4.85. The molecule has 0 aromatic heterocycles. The molecule has 0 saturated heterocycles. The number of hydrogen-bond donors (Lipinski definition) is 3. The zero-order chi connectivity index (χ0) is 11.0. The summed E-state index contributed by atoms with van der Waals surface area (Å²) in [6.45, 7) is 6.40. The summed E-state index contributed by atoms with van der Waals surface area (Å²) < 4.78 is 0. The Labute approximate surface area is 94.2 Å². The smallest absolute Gasteiger partial charge is 0.0280 e. The molecule has 3 heteroatoms. The number of nitrogens with two attached hydrogens (primary N) is 1. The van der Waals surface area contributed by atoms with Crippen molar-refractivity contribution in [3.63, 3.8) is 0 Å². The summed E-state index contributed by atoms with van der Waals surface area (Å²) in [4.78, 5) is 0. The van der Waals surface area contributed by atoms with Crippen LogP contribution in [0.3, 0.4) is 0 Å². The molecule has 1 aliphatic carbocycles. The molecule has 0 spiro atoms. The van der Waals surface area contributed by atoms with Gasteiger partial charge < -0.3 is 16.4 Å². The normalized spacial score (nSPS) is 20.4. The molecule has 1 saturated carbocycles. The van der Waals surface area contributed by atoms with E-state index in [1.807, 2.05) is 0 Å². The van der Waals surface area contributed by atoms with Crippen molar-refractivity contribution in [2.75, 3.05) is 26.2 Å². The molecule has 0 amide bonds. The maximum atomic E-state index is 6.32. The lowest BCUT2D eigenvalue weighted by Crippen LogP contribution is -2.50. The highest BCUT2D eigenvalue weighted by Crippen LogP contribution is 2.24. The first-order valence-electron chi connectivity index (χ1n) is 6.47. The third-order valence-electron chi connectivity index (χ3n) is 3.23. The Balaban J connectivity index is 1.98. The third kappa shape index (κ3) is 5.50. The van der Waals surface area contributed by atoms with E-state index in [-0.39, 0.29) is 5.54 Å². The van der Waals surface area contributed by atoms with Gasteiger partial charge in [-0.25, -0.2) is 0 Å².